The van der Waals surface area contributed by atoms with Crippen LogP contribution < -0.4 is 0 Å². The third kappa shape index (κ3) is 2.31. The molecular weight excluding hydrogens is 209 g/mol. The summed E-state index contributed by atoms with van der Waals surface area (Å²) in [4.78, 5) is 15.4. The Balaban J connectivity index is 2.14. The third-order valence-electron chi connectivity index (χ3n) is 2.15. The van der Waals surface area contributed by atoms with Crippen molar-refractivity contribution >= 4 is 5.78 Å². The second-order valence-corrected chi connectivity index (χ2v) is 3.51. The fourth-order valence-corrected chi connectivity index (χ4v) is 1.41. The van der Waals surface area contributed by atoms with E-state index in [1.54, 1.807) is 24.1 Å². The van der Waals surface area contributed by atoms with Gasteiger partial charge in [-0.15, -0.1) is 0 Å². The molecule has 0 aromatic carbocycles. The molecule has 0 unspecified atom stereocenters. The van der Waals surface area contributed by atoms with E-state index in [9.17, 15) is 9.18 Å². The molecule has 0 amide bonds. The maximum atomic E-state index is 12.8. The lowest BCUT2D eigenvalue weighted by Gasteiger charge is -1.98. The van der Waals surface area contributed by atoms with E-state index in [2.05, 4.69) is 10.1 Å². The van der Waals surface area contributed by atoms with Crippen LogP contribution in [-0.4, -0.2) is 20.5 Å². The zero-order valence-corrected chi connectivity index (χ0v) is 8.72. The molecule has 0 atom stereocenters. The highest BCUT2D eigenvalue weighted by Gasteiger charge is 2.09. The zero-order chi connectivity index (χ0) is 11.5. The standard InChI is InChI=1S/C11H10FN3O/c1-15-7-8(4-14-15)2-11(16)9-3-10(12)6-13-5-9/h3-7H,2H2,1H3. The molecule has 0 aliphatic heterocycles. The van der Waals surface area contributed by atoms with E-state index >= 15 is 0 Å². The summed E-state index contributed by atoms with van der Waals surface area (Å²) in [6.07, 6.45) is 6.01. The van der Waals surface area contributed by atoms with Gasteiger partial charge in [-0.1, -0.05) is 0 Å². The Morgan fingerprint density at radius 2 is 2.25 bits per heavy atom. The summed E-state index contributed by atoms with van der Waals surface area (Å²) in [6.45, 7) is 0. The van der Waals surface area contributed by atoms with Gasteiger partial charge in [-0.3, -0.25) is 14.5 Å². The Kier molecular flexibility index (Phi) is 2.76. The number of aryl methyl sites for hydroxylation is 1. The number of halogens is 1. The largest absolute Gasteiger partial charge is 0.294 e. The van der Waals surface area contributed by atoms with E-state index in [1.807, 2.05) is 0 Å². The minimum Gasteiger partial charge on any atom is -0.294 e. The minimum absolute atomic E-state index is 0.167. The van der Waals surface area contributed by atoms with E-state index in [0.29, 0.717) is 0 Å². The summed E-state index contributed by atoms with van der Waals surface area (Å²) >= 11 is 0. The Morgan fingerprint density at radius 3 is 2.88 bits per heavy atom. The first-order valence-corrected chi connectivity index (χ1v) is 4.76. The highest BCUT2D eigenvalue weighted by atomic mass is 19.1. The highest BCUT2D eigenvalue weighted by molar-refractivity contribution is 5.97. The molecule has 0 fully saturated rings. The number of pyridine rings is 1. The molecule has 5 heteroatoms. The molecular formula is C11H10FN3O. The zero-order valence-electron chi connectivity index (χ0n) is 8.72. The van der Waals surface area contributed by atoms with Crippen LogP contribution in [0.5, 0.6) is 0 Å². The second kappa shape index (κ2) is 4.22. The number of rotatable bonds is 3. The van der Waals surface area contributed by atoms with Crippen molar-refractivity contribution in [1.29, 1.82) is 0 Å². The first kappa shape index (κ1) is 10.5. The van der Waals surface area contributed by atoms with Gasteiger partial charge in [0.05, 0.1) is 12.4 Å². The lowest BCUT2D eigenvalue weighted by Crippen LogP contribution is -2.04. The molecule has 4 nitrogen and oxygen atoms in total. The van der Waals surface area contributed by atoms with E-state index in [0.717, 1.165) is 11.8 Å². The van der Waals surface area contributed by atoms with Gasteiger partial charge in [0, 0.05) is 31.4 Å². The Hall–Kier alpha value is -2.04. The number of Topliss-reactive ketones (excluding diaryl/α,β-unsaturated/α-hetero) is 1. The number of hydrogen-bond donors (Lipinski definition) is 0. The van der Waals surface area contributed by atoms with Crippen molar-refractivity contribution in [2.45, 2.75) is 6.42 Å². The molecule has 2 heterocycles. The van der Waals surface area contributed by atoms with Gasteiger partial charge in [-0.05, 0) is 11.6 Å². The number of carbonyl (C=O) groups is 1. The summed E-state index contributed by atoms with van der Waals surface area (Å²) < 4.78 is 14.5. The van der Waals surface area contributed by atoms with Crippen molar-refractivity contribution in [2.75, 3.05) is 0 Å². The molecule has 0 aliphatic carbocycles. The summed E-state index contributed by atoms with van der Waals surface area (Å²) in [5, 5.41) is 3.96. The van der Waals surface area contributed by atoms with Crippen molar-refractivity contribution in [3.05, 3.63) is 47.8 Å². The van der Waals surface area contributed by atoms with Crippen LogP contribution in [0.25, 0.3) is 0 Å². The van der Waals surface area contributed by atoms with Crippen LogP contribution in [0.3, 0.4) is 0 Å². The van der Waals surface area contributed by atoms with Crippen LogP contribution in [0.2, 0.25) is 0 Å². The number of aromatic nitrogens is 3. The van der Waals surface area contributed by atoms with Crippen LogP contribution in [-0.2, 0) is 13.5 Å². The average Bonchev–Trinajstić information content (AvgIpc) is 2.64. The van der Waals surface area contributed by atoms with E-state index in [1.165, 1.54) is 12.3 Å². The minimum atomic E-state index is -0.503. The average molecular weight is 219 g/mol. The molecule has 2 aromatic heterocycles. The van der Waals surface area contributed by atoms with Crippen molar-refractivity contribution in [3.63, 3.8) is 0 Å². The van der Waals surface area contributed by atoms with Crippen LogP contribution in [0, 0.1) is 5.82 Å². The summed E-state index contributed by atoms with van der Waals surface area (Å²) in [7, 11) is 1.78. The van der Waals surface area contributed by atoms with Gasteiger partial charge in [-0.2, -0.15) is 5.10 Å². The number of hydrogen-bond acceptors (Lipinski definition) is 3. The van der Waals surface area contributed by atoms with Crippen LogP contribution in [0.1, 0.15) is 15.9 Å². The number of ketones is 1. The maximum Gasteiger partial charge on any atom is 0.169 e. The van der Waals surface area contributed by atoms with E-state index in [4.69, 9.17) is 0 Å². The number of nitrogens with zero attached hydrogens (tertiary/aromatic N) is 3. The molecule has 0 radical (unpaired) electrons. The normalized spacial score (nSPS) is 10.4. The monoisotopic (exact) mass is 219 g/mol. The third-order valence-corrected chi connectivity index (χ3v) is 2.15. The first-order valence-electron chi connectivity index (χ1n) is 4.76. The van der Waals surface area contributed by atoms with Crippen molar-refractivity contribution in [3.8, 4) is 0 Å². The van der Waals surface area contributed by atoms with Gasteiger partial charge in [0.2, 0.25) is 0 Å². The summed E-state index contributed by atoms with van der Waals surface area (Å²) in [5.41, 5.74) is 1.08. The van der Waals surface area contributed by atoms with E-state index < -0.39 is 5.82 Å². The predicted molar refractivity (Wildman–Crippen MR) is 55.4 cm³/mol. The maximum absolute atomic E-state index is 12.8. The van der Waals surface area contributed by atoms with Gasteiger partial charge >= 0.3 is 0 Å². The molecule has 0 N–H and O–H groups in total. The predicted octanol–water partition coefficient (Wildman–Crippen LogP) is 1.38. The van der Waals surface area contributed by atoms with Gasteiger partial charge in [0.25, 0.3) is 0 Å². The molecule has 0 saturated heterocycles. The fourth-order valence-electron chi connectivity index (χ4n) is 1.41. The molecule has 2 aromatic rings. The quantitative estimate of drug-likeness (QED) is 0.733. The molecule has 16 heavy (non-hydrogen) atoms. The second-order valence-electron chi connectivity index (χ2n) is 3.51. The number of carbonyl (C=O) groups excluding carboxylic acids is 1. The molecule has 0 bridgehead atoms. The van der Waals surface area contributed by atoms with Crippen molar-refractivity contribution < 1.29 is 9.18 Å². The smallest absolute Gasteiger partial charge is 0.169 e. The van der Waals surface area contributed by atoms with Gasteiger partial charge in [-0.25, -0.2) is 4.39 Å². The summed E-state index contributed by atoms with van der Waals surface area (Å²) in [6, 6.07) is 1.19. The molecule has 0 aliphatic rings. The molecule has 2 rings (SSSR count). The van der Waals surface area contributed by atoms with Crippen LogP contribution in [0.4, 0.5) is 4.39 Å². The fraction of sp³-hybridized carbons (Fsp3) is 0.182. The topological polar surface area (TPSA) is 47.8 Å². The van der Waals surface area contributed by atoms with Crippen LogP contribution >= 0.6 is 0 Å². The van der Waals surface area contributed by atoms with Crippen LogP contribution in [0.15, 0.2) is 30.9 Å². The summed E-state index contributed by atoms with van der Waals surface area (Å²) in [5.74, 6) is -0.669. The Labute approximate surface area is 91.7 Å². The first-order chi connectivity index (χ1) is 7.65. The van der Waals surface area contributed by atoms with Gasteiger partial charge < -0.3 is 0 Å². The van der Waals surface area contributed by atoms with Crippen molar-refractivity contribution in [1.82, 2.24) is 14.8 Å². The lowest BCUT2D eigenvalue weighted by atomic mass is 10.1. The van der Waals surface area contributed by atoms with Crippen molar-refractivity contribution in [2.24, 2.45) is 7.05 Å². The molecule has 0 saturated carbocycles. The lowest BCUT2D eigenvalue weighted by molar-refractivity contribution is 0.0992. The van der Waals surface area contributed by atoms with Gasteiger partial charge in [0.1, 0.15) is 5.82 Å². The molecule has 0 spiro atoms. The Bertz CT molecular complexity index is 521. The van der Waals surface area contributed by atoms with E-state index in [-0.39, 0.29) is 17.8 Å². The molecule has 82 valence electrons. The SMILES string of the molecule is Cn1cc(CC(=O)c2cncc(F)c2)cn1. The van der Waals surface area contributed by atoms with Gasteiger partial charge in [0.15, 0.2) is 5.78 Å². The Morgan fingerprint density at radius 1 is 1.44 bits per heavy atom. The highest BCUT2D eigenvalue weighted by Crippen LogP contribution is 2.07.